The Morgan fingerprint density at radius 1 is 1.45 bits per heavy atom. The van der Waals surface area contributed by atoms with Crippen molar-refractivity contribution in [3.05, 3.63) is 11.8 Å². The van der Waals surface area contributed by atoms with Gasteiger partial charge >= 0.3 is 12.1 Å². The molecule has 1 atom stereocenters. The molecule has 1 amide bonds. The largest absolute Gasteiger partial charge is 0.469 e. The second-order valence-corrected chi connectivity index (χ2v) is 6.40. The van der Waals surface area contributed by atoms with E-state index in [2.05, 4.69) is 15.2 Å². The van der Waals surface area contributed by atoms with E-state index in [9.17, 15) is 9.59 Å². The van der Waals surface area contributed by atoms with E-state index in [1.54, 1.807) is 0 Å². The lowest BCUT2D eigenvalue weighted by molar-refractivity contribution is -0.140. The molecule has 0 aromatic carbocycles. The van der Waals surface area contributed by atoms with Crippen molar-refractivity contribution >= 4 is 17.9 Å². The highest BCUT2D eigenvalue weighted by molar-refractivity contribution is 5.83. The number of amides is 1. The van der Waals surface area contributed by atoms with E-state index in [-0.39, 0.29) is 12.0 Å². The van der Waals surface area contributed by atoms with Crippen LogP contribution in [0.25, 0.3) is 0 Å². The maximum atomic E-state index is 11.7. The summed E-state index contributed by atoms with van der Waals surface area (Å²) in [5.74, 6) is 0.264. The fourth-order valence-corrected chi connectivity index (χ4v) is 2.50. The first kappa shape index (κ1) is 16.3. The molecule has 0 bridgehead atoms. The summed E-state index contributed by atoms with van der Waals surface area (Å²) in [6, 6.07) is 2.02. The number of aromatic nitrogens is 2. The molecule has 122 valence electrons. The van der Waals surface area contributed by atoms with Crippen LogP contribution in [0.2, 0.25) is 0 Å². The zero-order valence-corrected chi connectivity index (χ0v) is 13.5. The van der Waals surface area contributed by atoms with E-state index in [1.165, 1.54) is 7.11 Å². The summed E-state index contributed by atoms with van der Waals surface area (Å²) in [4.78, 5) is 23.0. The number of methoxy groups -OCH3 is 1. The predicted molar refractivity (Wildman–Crippen MR) is 80.7 cm³/mol. The molecular formula is C15H23N3O4. The van der Waals surface area contributed by atoms with Crippen molar-refractivity contribution < 1.29 is 19.1 Å². The second kappa shape index (κ2) is 6.37. The van der Waals surface area contributed by atoms with Crippen molar-refractivity contribution in [3.63, 3.8) is 0 Å². The van der Waals surface area contributed by atoms with Gasteiger partial charge in [0.2, 0.25) is 0 Å². The smallest absolute Gasteiger partial charge is 0.413 e. The van der Waals surface area contributed by atoms with Crippen molar-refractivity contribution in [1.29, 1.82) is 0 Å². The van der Waals surface area contributed by atoms with Gasteiger partial charge in [-0.15, -0.1) is 0 Å². The van der Waals surface area contributed by atoms with Gasteiger partial charge in [0, 0.05) is 18.2 Å². The molecule has 1 unspecified atom stereocenters. The Morgan fingerprint density at radius 3 is 2.82 bits per heavy atom. The second-order valence-electron chi connectivity index (χ2n) is 6.40. The lowest BCUT2D eigenvalue weighted by Crippen LogP contribution is -2.27. The molecule has 0 spiro atoms. The van der Waals surface area contributed by atoms with Gasteiger partial charge in [-0.3, -0.25) is 14.8 Å². The molecule has 22 heavy (non-hydrogen) atoms. The van der Waals surface area contributed by atoms with Crippen LogP contribution in [0.1, 0.15) is 51.8 Å². The molecule has 2 rings (SSSR count). The number of ether oxygens (including phenoxy) is 2. The molecule has 0 saturated carbocycles. The van der Waals surface area contributed by atoms with E-state index in [0.717, 1.165) is 18.5 Å². The minimum Gasteiger partial charge on any atom is -0.469 e. The topological polar surface area (TPSA) is 82.4 Å². The standard InChI is InChI=1S/C15H23N3O4/c1-15(2,3)22-14(20)16-12-9-11-6-5-10(18(11)17-12)7-8-13(19)21-4/h9-10H,5-8H2,1-4H3,(H,16,17,20). The van der Waals surface area contributed by atoms with E-state index in [4.69, 9.17) is 4.74 Å². The molecule has 7 nitrogen and oxygen atoms in total. The van der Waals surface area contributed by atoms with Crippen LogP contribution in [-0.2, 0) is 20.7 Å². The fraction of sp³-hybridized carbons (Fsp3) is 0.667. The number of nitrogens with one attached hydrogen (secondary N) is 1. The number of anilines is 1. The zero-order chi connectivity index (χ0) is 16.3. The predicted octanol–water partition coefficient (Wildman–Crippen LogP) is 2.67. The van der Waals surface area contributed by atoms with Crippen LogP contribution in [0.4, 0.5) is 10.6 Å². The Labute approximate surface area is 130 Å². The van der Waals surface area contributed by atoms with Crippen molar-refractivity contribution in [1.82, 2.24) is 9.78 Å². The van der Waals surface area contributed by atoms with Crippen LogP contribution in [0.3, 0.4) is 0 Å². The molecule has 0 radical (unpaired) electrons. The highest BCUT2D eigenvalue weighted by atomic mass is 16.6. The average molecular weight is 309 g/mol. The van der Waals surface area contributed by atoms with Gasteiger partial charge in [-0.05, 0) is 40.0 Å². The van der Waals surface area contributed by atoms with Gasteiger partial charge < -0.3 is 9.47 Å². The summed E-state index contributed by atoms with van der Waals surface area (Å²) in [7, 11) is 1.39. The molecule has 1 aliphatic heterocycles. The van der Waals surface area contributed by atoms with Crippen molar-refractivity contribution in [2.24, 2.45) is 0 Å². The van der Waals surface area contributed by atoms with Crippen molar-refractivity contribution in [2.45, 2.75) is 58.1 Å². The summed E-state index contributed by atoms with van der Waals surface area (Å²) >= 11 is 0. The third-order valence-electron chi connectivity index (χ3n) is 3.43. The van der Waals surface area contributed by atoms with Gasteiger partial charge in [0.25, 0.3) is 0 Å². The maximum absolute atomic E-state index is 11.7. The first-order valence-electron chi connectivity index (χ1n) is 7.44. The number of esters is 1. The first-order valence-corrected chi connectivity index (χ1v) is 7.44. The summed E-state index contributed by atoms with van der Waals surface area (Å²) < 4.78 is 11.7. The average Bonchev–Trinajstić information content (AvgIpc) is 2.93. The third-order valence-corrected chi connectivity index (χ3v) is 3.43. The molecule has 0 saturated heterocycles. The Bertz CT molecular complexity index is 560. The minimum atomic E-state index is -0.546. The van der Waals surface area contributed by atoms with Crippen LogP contribution in [0.5, 0.6) is 0 Å². The number of hydrogen-bond donors (Lipinski definition) is 1. The Balaban J connectivity index is 1.95. The van der Waals surface area contributed by atoms with E-state index in [1.807, 2.05) is 31.5 Å². The lowest BCUT2D eigenvalue weighted by atomic mass is 10.1. The molecule has 0 fully saturated rings. The highest BCUT2D eigenvalue weighted by Gasteiger charge is 2.26. The number of nitrogens with zero attached hydrogens (tertiary/aromatic N) is 2. The Hall–Kier alpha value is -2.05. The molecule has 1 N–H and O–H groups in total. The maximum Gasteiger partial charge on any atom is 0.413 e. The number of rotatable bonds is 4. The Kier molecular flexibility index (Phi) is 4.73. The zero-order valence-electron chi connectivity index (χ0n) is 13.5. The fourth-order valence-electron chi connectivity index (χ4n) is 2.50. The van der Waals surface area contributed by atoms with Gasteiger partial charge in [0.05, 0.1) is 13.2 Å². The summed E-state index contributed by atoms with van der Waals surface area (Å²) in [5, 5.41) is 7.04. The summed E-state index contributed by atoms with van der Waals surface area (Å²) in [6.45, 7) is 5.42. The minimum absolute atomic E-state index is 0.170. The number of carbonyl (C=O) groups is 2. The SMILES string of the molecule is COC(=O)CCC1CCc2cc(NC(=O)OC(C)(C)C)nn21. The molecule has 7 heteroatoms. The van der Waals surface area contributed by atoms with E-state index >= 15 is 0 Å². The van der Waals surface area contributed by atoms with Crippen molar-refractivity contribution in [2.75, 3.05) is 12.4 Å². The quantitative estimate of drug-likeness (QED) is 0.865. The van der Waals surface area contributed by atoms with Crippen LogP contribution >= 0.6 is 0 Å². The molecular weight excluding hydrogens is 286 g/mol. The Morgan fingerprint density at radius 2 is 2.18 bits per heavy atom. The summed E-state index contributed by atoms with van der Waals surface area (Å²) in [6.07, 6.45) is 2.37. The van der Waals surface area contributed by atoms with Gasteiger partial charge in [0.1, 0.15) is 5.60 Å². The van der Waals surface area contributed by atoms with Crippen LogP contribution in [0.15, 0.2) is 6.07 Å². The third kappa shape index (κ3) is 4.22. The number of carbonyl (C=O) groups excluding carboxylic acids is 2. The monoisotopic (exact) mass is 309 g/mol. The number of hydrogen-bond acceptors (Lipinski definition) is 5. The molecule has 1 aliphatic rings. The molecule has 2 heterocycles. The van der Waals surface area contributed by atoms with E-state index in [0.29, 0.717) is 18.7 Å². The number of fused-ring (bicyclic) bond motifs is 1. The van der Waals surface area contributed by atoms with Crippen LogP contribution in [0, 0.1) is 0 Å². The number of aryl methyl sites for hydroxylation is 1. The molecule has 1 aromatic rings. The van der Waals surface area contributed by atoms with Gasteiger partial charge in [-0.25, -0.2) is 4.79 Å². The van der Waals surface area contributed by atoms with Gasteiger partial charge in [0.15, 0.2) is 5.82 Å². The molecule has 0 aliphatic carbocycles. The van der Waals surface area contributed by atoms with Gasteiger partial charge in [-0.1, -0.05) is 0 Å². The van der Waals surface area contributed by atoms with Crippen LogP contribution < -0.4 is 5.32 Å². The lowest BCUT2D eigenvalue weighted by Gasteiger charge is -2.19. The van der Waals surface area contributed by atoms with E-state index < -0.39 is 11.7 Å². The highest BCUT2D eigenvalue weighted by Crippen LogP contribution is 2.30. The summed E-state index contributed by atoms with van der Waals surface area (Å²) in [5.41, 5.74) is 0.510. The molecule has 1 aromatic heterocycles. The first-order chi connectivity index (χ1) is 10.3. The van der Waals surface area contributed by atoms with Crippen LogP contribution in [-0.4, -0.2) is 34.6 Å². The van der Waals surface area contributed by atoms with Gasteiger partial charge in [-0.2, -0.15) is 5.10 Å². The normalized spacial score (nSPS) is 17.0. The van der Waals surface area contributed by atoms with Crippen molar-refractivity contribution in [3.8, 4) is 0 Å².